The molecule has 1 aliphatic heterocycles. The molecule has 1 aliphatic rings. The Morgan fingerprint density at radius 1 is 1.38 bits per heavy atom. The summed E-state index contributed by atoms with van der Waals surface area (Å²) < 4.78 is 28.4. The Labute approximate surface area is 172 Å². The Hall–Kier alpha value is -2.51. The zero-order valence-corrected chi connectivity index (χ0v) is 16.9. The van der Waals surface area contributed by atoms with Gasteiger partial charge in [0.25, 0.3) is 0 Å². The first-order valence-electron chi connectivity index (χ1n) is 9.47. The lowest BCUT2D eigenvalue weighted by Gasteiger charge is -2.23. The molecule has 0 radical (unpaired) electrons. The van der Waals surface area contributed by atoms with Crippen LogP contribution in [-0.2, 0) is 15.9 Å². The molecule has 2 aromatic heterocycles. The van der Waals surface area contributed by atoms with Crippen LogP contribution in [0.5, 0.6) is 0 Å². The first-order valence-corrected chi connectivity index (χ1v) is 9.85. The van der Waals surface area contributed by atoms with Crippen LogP contribution < -0.4 is 0 Å². The second kappa shape index (κ2) is 7.72. The summed E-state index contributed by atoms with van der Waals surface area (Å²) in [6.45, 7) is 3.44. The Morgan fingerprint density at radius 2 is 2.14 bits per heavy atom. The highest BCUT2D eigenvalue weighted by molar-refractivity contribution is 6.34. The van der Waals surface area contributed by atoms with E-state index in [2.05, 4.69) is 9.97 Å². The van der Waals surface area contributed by atoms with E-state index in [1.165, 1.54) is 13.3 Å². The van der Waals surface area contributed by atoms with Crippen molar-refractivity contribution in [2.45, 2.75) is 44.7 Å². The number of benzene rings is 1. The van der Waals surface area contributed by atoms with Crippen LogP contribution in [0.25, 0.3) is 11.0 Å². The molecule has 4 rings (SSSR count). The summed E-state index contributed by atoms with van der Waals surface area (Å²) >= 11 is 6.25. The first kappa shape index (κ1) is 19.8. The van der Waals surface area contributed by atoms with E-state index < -0.39 is 24.0 Å². The Bertz CT molecular complexity index is 1040. The first-order chi connectivity index (χ1) is 13.9. The molecule has 0 N–H and O–H groups in total. The number of alkyl halides is 1. The standard InChI is InChI=1S/C21H21ClFN3O3/c1-3-13-10-26(18-16(13)17(22)24-12-25-18)20-21(2,23)9-15(29-20)11-28-19(27)14-7-5-4-6-8-14/h4-8,10,12,15,20H,3,9,11H2,1-2H3. The molecule has 0 aliphatic carbocycles. The summed E-state index contributed by atoms with van der Waals surface area (Å²) in [5.74, 6) is -0.461. The lowest BCUT2D eigenvalue weighted by atomic mass is 10.0. The lowest BCUT2D eigenvalue weighted by Crippen LogP contribution is -2.27. The number of nitrogens with zero attached hydrogens (tertiary/aromatic N) is 3. The van der Waals surface area contributed by atoms with Crippen LogP contribution in [0.4, 0.5) is 4.39 Å². The fourth-order valence-corrected chi connectivity index (χ4v) is 4.02. The maximum atomic E-state index is 15.4. The number of halogens is 2. The average molecular weight is 418 g/mol. The quantitative estimate of drug-likeness (QED) is 0.451. The van der Waals surface area contributed by atoms with Gasteiger partial charge in [0.1, 0.15) is 23.7 Å². The molecule has 1 saturated heterocycles. The maximum Gasteiger partial charge on any atom is 0.338 e. The van der Waals surface area contributed by atoms with Crippen molar-refractivity contribution in [2.24, 2.45) is 0 Å². The van der Waals surface area contributed by atoms with E-state index in [9.17, 15) is 4.79 Å². The van der Waals surface area contributed by atoms with E-state index in [1.54, 1.807) is 28.8 Å². The van der Waals surface area contributed by atoms with Crippen molar-refractivity contribution in [2.75, 3.05) is 6.61 Å². The highest BCUT2D eigenvalue weighted by Gasteiger charge is 2.48. The average Bonchev–Trinajstić information content (AvgIpc) is 3.24. The second-order valence-corrected chi connectivity index (χ2v) is 7.69. The fourth-order valence-electron chi connectivity index (χ4n) is 3.77. The molecule has 29 heavy (non-hydrogen) atoms. The van der Waals surface area contributed by atoms with Gasteiger partial charge in [-0.15, -0.1) is 0 Å². The van der Waals surface area contributed by atoms with Gasteiger partial charge >= 0.3 is 5.97 Å². The number of fused-ring (bicyclic) bond motifs is 1. The predicted molar refractivity (Wildman–Crippen MR) is 107 cm³/mol. The minimum absolute atomic E-state index is 0.0285. The van der Waals surface area contributed by atoms with Gasteiger partial charge in [0.15, 0.2) is 11.9 Å². The molecule has 0 bridgehead atoms. The van der Waals surface area contributed by atoms with E-state index in [4.69, 9.17) is 21.1 Å². The molecule has 3 unspecified atom stereocenters. The second-order valence-electron chi connectivity index (χ2n) is 7.34. The molecule has 152 valence electrons. The monoisotopic (exact) mass is 417 g/mol. The number of carbonyl (C=O) groups is 1. The van der Waals surface area contributed by atoms with E-state index in [0.29, 0.717) is 28.2 Å². The van der Waals surface area contributed by atoms with Gasteiger partial charge in [-0.2, -0.15) is 0 Å². The van der Waals surface area contributed by atoms with Gasteiger partial charge < -0.3 is 14.0 Å². The topological polar surface area (TPSA) is 66.2 Å². The van der Waals surface area contributed by atoms with Gasteiger partial charge in [-0.25, -0.2) is 19.2 Å². The van der Waals surface area contributed by atoms with Crippen molar-refractivity contribution in [3.8, 4) is 0 Å². The van der Waals surface area contributed by atoms with Gasteiger partial charge in [0.05, 0.1) is 17.1 Å². The smallest absolute Gasteiger partial charge is 0.338 e. The van der Waals surface area contributed by atoms with Crippen LogP contribution in [0.2, 0.25) is 5.15 Å². The van der Waals surface area contributed by atoms with Crippen molar-refractivity contribution < 1.29 is 18.7 Å². The minimum Gasteiger partial charge on any atom is -0.459 e. The SMILES string of the molecule is CCc1cn(C2OC(COC(=O)c3ccccc3)CC2(C)F)c2ncnc(Cl)c12. The fraction of sp³-hybridized carbons (Fsp3) is 0.381. The summed E-state index contributed by atoms with van der Waals surface area (Å²) in [5, 5.41) is 1.03. The molecule has 8 heteroatoms. The number of esters is 1. The van der Waals surface area contributed by atoms with Crippen LogP contribution in [0.1, 0.15) is 42.4 Å². The number of aromatic nitrogens is 3. The molecule has 0 amide bonds. The van der Waals surface area contributed by atoms with Crippen LogP contribution in [0.15, 0.2) is 42.9 Å². The largest absolute Gasteiger partial charge is 0.459 e. The molecule has 3 heterocycles. The molecule has 0 saturated carbocycles. The zero-order chi connectivity index (χ0) is 20.6. The van der Waals surface area contributed by atoms with Crippen molar-refractivity contribution in [1.82, 2.24) is 14.5 Å². The maximum absolute atomic E-state index is 15.4. The molecule has 3 atom stereocenters. The van der Waals surface area contributed by atoms with Crippen LogP contribution in [0.3, 0.4) is 0 Å². The molecule has 0 spiro atoms. The number of aryl methyl sites for hydroxylation is 1. The van der Waals surface area contributed by atoms with E-state index in [0.717, 1.165) is 5.56 Å². The summed E-state index contributed by atoms with van der Waals surface area (Å²) in [7, 11) is 0. The summed E-state index contributed by atoms with van der Waals surface area (Å²) in [6.07, 6.45) is 2.49. The highest BCUT2D eigenvalue weighted by atomic mass is 35.5. The Morgan fingerprint density at radius 3 is 2.86 bits per heavy atom. The molecule has 1 aromatic carbocycles. The van der Waals surface area contributed by atoms with E-state index >= 15 is 4.39 Å². The Balaban J connectivity index is 1.55. The normalized spacial score (nSPS) is 24.1. The van der Waals surface area contributed by atoms with E-state index in [-0.39, 0.29) is 13.0 Å². The van der Waals surface area contributed by atoms with Gasteiger partial charge in [0, 0.05) is 12.6 Å². The molecule has 1 fully saturated rings. The zero-order valence-electron chi connectivity index (χ0n) is 16.1. The lowest BCUT2D eigenvalue weighted by molar-refractivity contribution is -0.0599. The highest BCUT2D eigenvalue weighted by Crippen LogP contribution is 2.43. The van der Waals surface area contributed by atoms with Gasteiger partial charge in [-0.1, -0.05) is 36.7 Å². The van der Waals surface area contributed by atoms with Crippen LogP contribution >= 0.6 is 11.6 Å². The van der Waals surface area contributed by atoms with Crippen LogP contribution in [0, 0.1) is 0 Å². The Kier molecular flexibility index (Phi) is 5.27. The summed E-state index contributed by atoms with van der Waals surface area (Å²) in [6, 6.07) is 8.67. The number of hydrogen-bond donors (Lipinski definition) is 0. The molecule has 6 nitrogen and oxygen atoms in total. The van der Waals surface area contributed by atoms with Gasteiger partial charge in [-0.3, -0.25) is 0 Å². The van der Waals surface area contributed by atoms with Crippen molar-refractivity contribution in [1.29, 1.82) is 0 Å². The minimum atomic E-state index is -1.67. The number of ether oxygens (including phenoxy) is 2. The van der Waals surface area contributed by atoms with Crippen molar-refractivity contribution >= 4 is 28.6 Å². The summed E-state index contributed by atoms with van der Waals surface area (Å²) in [4.78, 5) is 20.5. The number of carbonyl (C=O) groups excluding carboxylic acids is 1. The van der Waals surface area contributed by atoms with Gasteiger partial charge in [0.2, 0.25) is 0 Å². The van der Waals surface area contributed by atoms with Gasteiger partial charge in [-0.05, 0) is 31.0 Å². The third kappa shape index (κ3) is 3.72. The molecular weight excluding hydrogens is 397 g/mol. The third-order valence-corrected chi connectivity index (χ3v) is 5.43. The number of rotatable bonds is 5. The van der Waals surface area contributed by atoms with Crippen LogP contribution in [-0.4, -0.2) is 38.9 Å². The van der Waals surface area contributed by atoms with Crippen molar-refractivity contribution in [3.63, 3.8) is 0 Å². The van der Waals surface area contributed by atoms with Crippen molar-refractivity contribution in [3.05, 3.63) is 59.1 Å². The summed E-state index contributed by atoms with van der Waals surface area (Å²) in [5.41, 5.74) is 0.222. The molecule has 3 aromatic rings. The molecular formula is C21H21ClFN3O3. The van der Waals surface area contributed by atoms with E-state index in [1.807, 2.05) is 19.2 Å². The third-order valence-electron chi connectivity index (χ3n) is 5.15. The predicted octanol–water partition coefficient (Wildman–Crippen LogP) is 4.52. The number of hydrogen-bond acceptors (Lipinski definition) is 5.